The van der Waals surface area contributed by atoms with Gasteiger partial charge in [0.05, 0.1) is 16.7 Å². The van der Waals surface area contributed by atoms with Crippen molar-refractivity contribution in [3.8, 4) is 62.1 Å². The lowest BCUT2D eigenvalue weighted by molar-refractivity contribution is 0.669. The van der Waals surface area contributed by atoms with Crippen molar-refractivity contribution in [1.82, 2.24) is 19.5 Å². The molecule has 0 amide bonds. The van der Waals surface area contributed by atoms with Gasteiger partial charge in [0.25, 0.3) is 0 Å². The molecule has 3 aromatic heterocycles. The van der Waals surface area contributed by atoms with Crippen LogP contribution in [0.4, 0.5) is 0 Å². The van der Waals surface area contributed by atoms with Gasteiger partial charge in [0.1, 0.15) is 11.2 Å². The highest BCUT2D eigenvalue weighted by Crippen LogP contribution is 2.42. The first kappa shape index (κ1) is 32.8. The molecular formula is C52H34N4O. The van der Waals surface area contributed by atoms with Crippen LogP contribution in [-0.4, -0.2) is 19.5 Å². The lowest BCUT2D eigenvalue weighted by atomic mass is 9.96. The predicted octanol–water partition coefficient (Wildman–Crippen LogP) is 13.5. The smallest absolute Gasteiger partial charge is 0.166 e. The number of para-hydroxylation sites is 2. The molecule has 0 aliphatic carbocycles. The number of hydrogen-bond acceptors (Lipinski definition) is 4. The summed E-state index contributed by atoms with van der Waals surface area (Å²) in [7, 11) is 0. The maximum atomic E-state index is 6.35. The molecular weight excluding hydrogens is 697 g/mol. The van der Waals surface area contributed by atoms with Crippen LogP contribution in [0.5, 0.6) is 0 Å². The molecule has 0 saturated heterocycles. The lowest BCUT2D eigenvalue weighted by Crippen LogP contribution is -2.04. The summed E-state index contributed by atoms with van der Waals surface area (Å²) in [4.78, 5) is 15.6. The van der Waals surface area contributed by atoms with Crippen molar-refractivity contribution in [2.75, 3.05) is 0 Å². The van der Waals surface area contributed by atoms with Crippen LogP contribution >= 0.6 is 0 Å². The van der Waals surface area contributed by atoms with E-state index in [2.05, 4.69) is 145 Å². The molecule has 57 heavy (non-hydrogen) atoms. The SMILES string of the molecule is Cc1cccc(-c2ccc3c(c2)c2ccccc2n3-c2ccc(-c3cccc4oc5ccccc5c34)cc2-c2nc(-c3ccccc3)nc(-c3ccccc3)n2)c1. The first-order valence-corrected chi connectivity index (χ1v) is 19.2. The Hall–Kier alpha value is -7.63. The third-order valence-electron chi connectivity index (χ3n) is 10.9. The first-order chi connectivity index (χ1) is 28.2. The van der Waals surface area contributed by atoms with E-state index in [1.54, 1.807) is 0 Å². The molecule has 3 heterocycles. The molecule has 0 fully saturated rings. The zero-order valence-electron chi connectivity index (χ0n) is 31.1. The molecule has 0 aliphatic heterocycles. The molecule has 11 aromatic rings. The van der Waals surface area contributed by atoms with Gasteiger partial charge in [-0.15, -0.1) is 0 Å². The van der Waals surface area contributed by atoms with E-state index in [1.165, 1.54) is 27.5 Å². The zero-order chi connectivity index (χ0) is 37.9. The summed E-state index contributed by atoms with van der Waals surface area (Å²) < 4.78 is 8.72. The van der Waals surface area contributed by atoms with Crippen molar-refractivity contribution in [3.63, 3.8) is 0 Å². The third kappa shape index (κ3) is 5.59. The quantitative estimate of drug-likeness (QED) is 0.171. The first-order valence-electron chi connectivity index (χ1n) is 19.2. The molecule has 268 valence electrons. The van der Waals surface area contributed by atoms with Crippen LogP contribution in [0.2, 0.25) is 0 Å². The number of nitrogens with zero attached hydrogens (tertiary/aromatic N) is 4. The average molecular weight is 731 g/mol. The Bertz CT molecular complexity index is 3250. The Morgan fingerprint density at radius 3 is 1.75 bits per heavy atom. The van der Waals surface area contributed by atoms with Crippen molar-refractivity contribution in [2.45, 2.75) is 6.92 Å². The summed E-state index contributed by atoms with van der Waals surface area (Å²) in [5, 5.41) is 4.52. The molecule has 5 heteroatoms. The summed E-state index contributed by atoms with van der Waals surface area (Å²) in [6.07, 6.45) is 0. The fourth-order valence-electron chi connectivity index (χ4n) is 8.26. The molecule has 0 aliphatic rings. The normalized spacial score (nSPS) is 11.6. The molecule has 0 saturated carbocycles. The van der Waals surface area contributed by atoms with Gasteiger partial charge in [-0.2, -0.15) is 0 Å². The van der Waals surface area contributed by atoms with E-state index in [9.17, 15) is 0 Å². The summed E-state index contributed by atoms with van der Waals surface area (Å²) >= 11 is 0. The van der Waals surface area contributed by atoms with Crippen LogP contribution in [0.15, 0.2) is 192 Å². The highest BCUT2D eigenvalue weighted by atomic mass is 16.3. The molecule has 0 atom stereocenters. The number of benzene rings is 8. The van der Waals surface area contributed by atoms with Gasteiger partial charge < -0.3 is 8.98 Å². The maximum Gasteiger partial charge on any atom is 0.166 e. The summed E-state index contributed by atoms with van der Waals surface area (Å²) in [5.74, 6) is 1.82. The van der Waals surface area contributed by atoms with Crippen LogP contribution < -0.4 is 0 Å². The van der Waals surface area contributed by atoms with E-state index in [1.807, 2.05) is 54.6 Å². The molecule has 5 nitrogen and oxygen atoms in total. The van der Waals surface area contributed by atoms with Gasteiger partial charge in [-0.25, -0.2) is 15.0 Å². The number of furan rings is 1. The third-order valence-corrected chi connectivity index (χ3v) is 10.9. The van der Waals surface area contributed by atoms with Gasteiger partial charge in [0.2, 0.25) is 0 Å². The fraction of sp³-hybridized carbons (Fsp3) is 0.0192. The van der Waals surface area contributed by atoms with Crippen LogP contribution in [0.3, 0.4) is 0 Å². The molecule has 0 bridgehead atoms. The highest BCUT2D eigenvalue weighted by molar-refractivity contribution is 6.13. The van der Waals surface area contributed by atoms with Gasteiger partial charge in [0, 0.05) is 38.2 Å². The van der Waals surface area contributed by atoms with Crippen molar-refractivity contribution in [2.24, 2.45) is 0 Å². The predicted molar refractivity (Wildman–Crippen MR) is 233 cm³/mol. The number of aromatic nitrogens is 4. The van der Waals surface area contributed by atoms with Gasteiger partial charge in [-0.3, -0.25) is 0 Å². The van der Waals surface area contributed by atoms with Crippen molar-refractivity contribution < 1.29 is 4.42 Å². The molecule has 0 N–H and O–H groups in total. The van der Waals surface area contributed by atoms with E-state index in [-0.39, 0.29) is 0 Å². The molecule has 0 unspecified atom stereocenters. The topological polar surface area (TPSA) is 56.7 Å². The minimum Gasteiger partial charge on any atom is -0.456 e. The van der Waals surface area contributed by atoms with Crippen molar-refractivity contribution in [3.05, 3.63) is 194 Å². The Labute approximate surface area is 329 Å². The van der Waals surface area contributed by atoms with Gasteiger partial charge in [0.15, 0.2) is 17.5 Å². The Kier molecular flexibility index (Phi) is 7.64. The van der Waals surface area contributed by atoms with Crippen LogP contribution in [-0.2, 0) is 0 Å². The maximum absolute atomic E-state index is 6.35. The minimum atomic E-state index is 0.589. The highest BCUT2D eigenvalue weighted by Gasteiger charge is 2.22. The second kappa shape index (κ2) is 13.3. The summed E-state index contributed by atoms with van der Waals surface area (Å²) in [6.45, 7) is 2.14. The Balaban J connectivity index is 1.22. The number of rotatable bonds is 6. The zero-order valence-corrected chi connectivity index (χ0v) is 31.1. The second-order valence-corrected chi connectivity index (χ2v) is 14.5. The fourth-order valence-corrected chi connectivity index (χ4v) is 8.26. The van der Waals surface area contributed by atoms with Gasteiger partial charge in [-0.05, 0) is 71.6 Å². The number of aryl methyl sites for hydroxylation is 1. The van der Waals surface area contributed by atoms with E-state index < -0.39 is 0 Å². The van der Waals surface area contributed by atoms with Crippen LogP contribution in [0, 0.1) is 6.92 Å². The largest absolute Gasteiger partial charge is 0.456 e. The van der Waals surface area contributed by atoms with Crippen molar-refractivity contribution in [1.29, 1.82) is 0 Å². The van der Waals surface area contributed by atoms with E-state index in [0.717, 1.165) is 66.5 Å². The number of fused-ring (bicyclic) bond motifs is 6. The molecule has 8 aromatic carbocycles. The average Bonchev–Trinajstić information content (AvgIpc) is 3.82. The van der Waals surface area contributed by atoms with Crippen molar-refractivity contribution >= 4 is 43.7 Å². The summed E-state index contributed by atoms with van der Waals surface area (Å²) in [6, 6.07) is 65.7. The van der Waals surface area contributed by atoms with Gasteiger partial charge >= 0.3 is 0 Å². The number of hydrogen-bond donors (Lipinski definition) is 0. The molecule has 0 radical (unpaired) electrons. The minimum absolute atomic E-state index is 0.589. The Morgan fingerprint density at radius 2 is 0.982 bits per heavy atom. The van der Waals surface area contributed by atoms with E-state index in [4.69, 9.17) is 19.4 Å². The lowest BCUT2D eigenvalue weighted by Gasteiger charge is -2.17. The standard InChI is InChI=1S/C52H34N4O/c1-33-14-12-19-36(30-33)37-26-28-45-42(31-37)40-20-8-10-23-44(40)56(45)46-29-27-38(39-22-13-25-48-49(39)41-21-9-11-24-47(41)57-48)32-43(46)52-54-50(34-15-4-2-5-16-34)53-51(55-52)35-17-6-3-7-18-35/h2-32H,1H3. The molecule has 11 rings (SSSR count). The van der Waals surface area contributed by atoms with Crippen LogP contribution in [0.25, 0.3) is 106 Å². The second-order valence-electron chi connectivity index (χ2n) is 14.5. The van der Waals surface area contributed by atoms with E-state index >= 15 is 0 Å². The van der Waals surface area contributed by atoms with E-state index in [0.29, 0.717) is 17.5 Å². The van der Waals surface area contributed by atoms with Crippen LogP contribution in [0.1, 0.15) is 5.56 Å². The molecule has 0 spiro atoms. The van der Waals surface area contributed by atoms with Gasteiger partial charge in [-0.1, -0.05) is 151 Å². The summed E-state index contributed by atoms with van der Waals surface area (Å²) in [5.41, 5.74) is 13.4. The Morgan fingerprint density at radius 1 is 0.386 bits per heavy atom. The monoisotopic (exact) mass is 730 g/mol.